The lowest BCUT2D eigenvalue weighted by atomic mass is 9.82. The van der Waals surface area contributed by atoms with Crippen LogP contribution in [0.2, 0.25) is 0 Å². The first kappa shape index (κ1) is 53.3. The lowest BCUT2D eigenvalue weighted by Gasteiger charge is -2.45. The zero-order valence-electron chi connectivity index (χ0n) is 41.1. The summed E-state index contributed by atoms with van der Waals surface area (Å²) in [5.41, 5.74) is 1.64. The van der Waals surface area contributed by atoms with Gasteiger partial charge in [-0.25, -0.2) is 0 Å². The molecule has 2 fully saturated rings. The predicted molar refractivity (Wildman–Crippen MR) is 249 cm³/mol. The molecule has 0 amide bonds. The van der Waals surface area contributed by atoms with Gasteiger partial charge in [0.1, 0.15) is 54.5 Å². The fourth-order valence-electron chi connectivity index (χ4n) is 9.07. The highest BCUT2D eigenvalue weighted by Crippen LogP contribution is 2.59. The molecular weight excluding hydrogens is 957 g/mol. The molecule has 0 aliphatic carbocycles. The average Bonchev–Trinajstić information content (AvgIpc) is 3.32. The summed E-state index contributed by atoms with van der Waals surface area (Å²) in [5, 5.41) is 12.8. The lowest BCUT2D eigenvalue weighted by molar-refractivity contribution is -0.228. The Morgan fingerprint density at radius 1 is 0.493 bits per heavy atom. The van der Waals surface area contributed by atoms with Crippen molar-refractivity contribution >= 4 is 41.8 Å². The van der Waals surface area contributed by atoms with Gasteiger partial charge in [0.15, 0.2) is 36.6 Å². The van der Waals surface area contributed by atoms with E-state index in [0.29, 0.717) is 16.7 Å². The summed E-state index contributed by atoms with van der Waals surface area (Å²) >= 11 is 0. The van der Waals surface area contributed by atoms with Gasteiger partial charge in [-0.2, -0.15) is 0 Å². The van der Waals surface area contributed by atoms with Crippen LogP contribution in [0.3, 0.4) is 0 Å². The molecule has 0 spiro atoms. The molecule has 7 rings (SSSR count). The molecule has 1 N–H and O–H groups in total. The Morgan fingerprint density at radius 2 is 0.904 bits per heavy atom. The van der Waals surface area contributed by atoms with Crippen LogP contribution in [0, 0.1) is 0 Å². The number of aliphatic hydroxyl groups excluding tert-OH is 1. The van der Waals surface area contributed by atoms with Gasteiger partial charge in [-0.15, -0.1) is 0 Å². The van der Waals surface area contributed by atoms with Gasteiger partial charge in [0.25, 0.3) is 0 Å². The standard InChI is InChI=1S/C53H56O20/c1-27(54)66-37-20-18-36(19-21-37)39-22-38(61)42-47(62-23-34-14-10-8-11-15-34)43(50-52(71-32(6)59)45(69-30(4)57)40(25-64-50)67-28(2)55)48(63-24-35-16-12-9-13-17-35)44(49(42)73-39)51-53(72-33(7)60)46(70-31(5)58)41(26-65-51)68-29(3)56/h8-21,38-41,45-46,50-53,61H,22-26H2,1-7H3/t38?,39?,40-,41-,45-,46-,50-,51-,52+,53+/m1/s1. The average molecular weight is 1010 g/mol. The molecule has 3 aliphatic rings. The highest BCUT2D eigenvalue weighted by molar-refractivity contribution is 5.72. The molecule has 3 heterocycles. The minimum Gasteiger partial charge on any atom is -0.488 e. The number of hydrogen-bond donors (Lipinski definition) is 1. The van der Waals surface area contributed by atoms with Gasteiger partial charge in [0, 0.05) is 54.9 Å². The summed E-state index contributed by atoms with van der Waals surface area (Å²) in [4.78, 5) is 89.2. The summed E-state index contributed by atoms with van der Waals surface area (Å²) in [6.45, 7) is 6.68. The van der Waals surface area contributed by atoms with Gasteiger partial charge in [0.05, 0.1) is 36.0 Å². The number of ether oxygens (including phenoxy) is 12. The first-order valence-corrected chi connectivity index (χ1v) is 23.3. The van der Waals surface area contributed by atoms with E-state index in [0.717, 1.165) is 41.5 Å². The molecule has 10 atom stereocenters. The summed E-state index contributed by atoms with van der Waals surface area (Å²) in [6.07, 6.45) is -14.8. The molecule has 73 heavy (non-hydrogen) atoms. The van der Waals surface area contributed by atoms with E-state index in [1.54, 1.807) is 78.9 Å². The maximum Gasteiger partial charge on any atom is 0.308 e. The van der Waals surface area contributed by atoms with Crippen LogP contribution in [0.15, 0.2) is 84.9 Å². The van der Waals surface area contributed by atoms with Crippen LogP contribution < -0.4 is 18.9 Å². The second-order valence-corrected chi connectivity index (χ2v) is 17.4. The highest BCUT2D eigenvalue weighted by Gasteiger charge is 2.55. The Hall–Kier alpha value is -7.55. The number of esters is 7. The molecule has 20 nitrogen and oxygen atoms in total. The Morgan fingerprint density at radius 3 is 1.33 bits per heavy atom. The van der Waals surface area contributed by atoms with Gasteiger partial charge in [0.2, 0.25) is 0 Å². The molecule has 20 heteroatoms. The van der Waals surface area contributed by atoms with E-state index in [1.165, 1.54) is 6.92 Å². The summed E-state index contributed by atoms with van der Waals surface area (Å²) in [7, 11) is 0. The molecule has 4 aromatic carbocycles. The van der Waals surface area contributed by atoms with Gasteiger partial charge in [-0.1, -0.05) is 72.8 Å². The zero-order chi connectivity index (χ0) is 52.5. The minimum atomic E-state index is -1.66. The molecule has 0 radical (unpaired) electrons. The molecular formula is C53H56O20. The van der Waals surface area contributed by atoms with Crippen LogP contribution in [-0.2, 0) is 84.7 Å². The van der Waals surface area contributed by atoms with Crippen LogP contribution in [0.25, 0.3) is 0 Å². The Bertz CT molecular complexity index is 2650. The number of carbonyl (C=O) groups excluding carboxylic acids is 7. The third kappa shape index (κ3) is 13.1. The SMILES string of the molecule is CC(=O)Oc1ccc(C2CC(O)c3c(OCc4ccccc4)c([C@H]4OC[C@@H](OC(C)=O)[C@@H](OC(C)=O)[C@@H]4OC(C)=O)c(OCc4ccccc4)c([C@H]4OC[C@@H](OC(C)=O)[C@@H](OC(C)=O)[C@@H]4OC(C)=O)c3O2)cc1. The monoisotopic (exact) mass is 1010 g/mol. The first-order valence-electron chi connectivity index (χ1n) is 23.3. The number of rotatable bonds is 16. The van der Waals surface area contributed by atoms with Crippen molar-refractivity contribution in [2.45, 2.75) is 129 Å². The highest BCUT2D eigenvalue weighted by atomic mass is 16.7. The molecule has 0 saturated carbocycles. The number of carbonyl (C=O) groups is 7. The summed E-state index contributed by atoms with van der Waals surface area (Å²) in [6, 6.07) is 24.3. The quantitative estimate of drug-likeness (QED) is 0.0761. The molecule has 4 aromatic rings. The van der Waals surface area contributed by atoms with Crippen LogP contribution in [-0.4, -0.2) is 96.7 Å². The van der Waals surface area contributed by atoms with E-state index in [1.807, 2.05) is 6.07 Å². The van der Waals surface area contributed by atoms with Gasteiger partial charge < -0.3 is 61.9 Å². The molecule has 3 aliphatic heterocycles. The van der Waals surface area contributed by atoms with Crippen molar-refractivity contribution < 1.29 is 95.5 Å². The van der Waals surface area contributed by atoms with Crippen molar-refractivity contribution in [1.82, 2.24) is 0 Å². The molecule has 0 aromatic heterocycles. The maximum absolute atomic E-state index is 13.3. The number of aliphatic hydroxyl groups is 1. The van der Waals surface area contributed by atoms with E-state index < -0.39 is 116 Å². The Labute approximate surface area is 419 Å². The van der Waals surface area contributed by atoms with Crippen LogP contribution in [0.1, 0.15) is 113 Å². The van der Waals surface area contributed by atoms with Crippen LogP contribution >= 0.6 is 0 Å². The van der Waals surface area contributed by atoms with Crippen molar-refractivity contribution in [3.63, 3.8) is 0 Å². The molecule has 2 saturated heterocycles. The second kappa shape index (κ2) is 23.8. The van der Waals surface area contributed by atoms with Crippen molar-refractivity contribution in [1.29, 1.82) is 0 Å². The van der Waals surface area contributed by atoms with Crippen molar-refractivity contribution in [2.24, 2.45) is 0 Å². The van der Waals surface area contributed by atoms with Crippen LogP contribution in [0.5, 0.6) is 23.0 Å². The Balaban J connectivity index is 1.59. The van der Waals surface area contributed by atoms with E-state index in [2.05, 4.69) is 0 Å². The van der Waals surface area contributed by atoms with Gasteiger partial charge in [-0.05, 0) is 28.8 Å². The summed E-state index contributed by atoms with van der Waals surface area (Å²) in [5.74, 6) is -5.66. The Kier molecular flexibility index (Phi) is 17.3. The third-order valence-corrected chi connectivity index (χ3v) is 11.7. The smallest absolute Gasteiger partial charge is 0.308 e. The number of hydrogen-bond acceptors (Lipinski definition) is 20. The maximum atomic E-state index is 13.3. The van der Waals surface area contributed by atoms with Crippen molar-refractivity contribution in [3.05, 3.63) is 118 Å². The topological polar surface area (TPSA) is 250 Å². The fourth-order valence-corrected chi connectivity index (χ4v) is 9.07. The van der Waals surface area contributed by atoms with E-state index in [9.17, 15) is 38.7 Å². The van der Waals surface area contributed by atoms with Crippen molar-refractivity contribution in [3.8, 4) is 23.0 Å². The summed E-state index contributed by atoms with van der Waals surface area (Å²) < 4.78 is 74.0. The second-order valence-electron chi connectivity index (χ2n) is 17.4. The lowest BCUT2D eigenvalue weighted by Crippen LogP contribution is -2.55. The normalized spacial score (nSPS) is 24.2. The first-order chi connectivity index (χ1) is 34.9. The van der Waals surface area contributed by atoms with E-state index >= 15 is 0 Å². The third-order valence-electron chi connectivity index (χ3n) is 11.7. The van der Waals surface area contributed by atoms with E-state index in [-0.39, 0.29) is 59.3 Å². The van der Waals surface area contributed by atoms with Gasteiger partial charge >= 0.3 is 41.8 Å². The number of fused-ring (bicyclic) bond motifs is 1. The van der Waals surface area contributed by atoms with Crippen molar-refractivity contribution in [2.75, 3.05) is 13.2 Å². The van der Waals surface area contributed by atoms with Gasteiger partial charge in [-0.3, -0.25) is 33.6 Å². The zero-order valence-corrected chi connectivity index (χ0v) is 41.1. The van der Waals surface area contributed by atoms with Crippen LogP contribution in [0.4, 0.5) is 0 Å². The fraction of sp³-hybridized carbons (Fsp3) is 0.415. The number of benzene rings is 4. The minimum absolute atomic E-state index is 0.0200. The molecule has 2 unspecified atom stereocenters. The largest absolute Gasteiger partial charge is 0.488 e. The molecule has 0 bridgehead atoms. The molecule has 388 valence electrons. The van der Waals surface area contributed by atoms with E-state index in [4.69, 9.17) is 56.8 Å². The predicted octanol–water partition coefficient (Wildman–Crippen LogP) is 6.06.